The molecule has 10 heavy (non-hydrogen) atoms. The van der Waals surface area contributed by atoms with Crippen LogP contribution in [0.15, 0.2) is 18.3 Å². The lowest BCUT2D eigenvalue weighted by molar-refractivity contribution is 0.0496. The number of aromatic nitrogens is 1. The Kier molecular flexibility index (Phi) is 1.96. The van der Waals surface area contributed by atoms with Gasteiger partial charge in [0.1, 0.15) is 0 Å². The number of hydrogen-bond acceptors (Lipinski definition) is 4. The molecule has 0 aromatic carbocycles. The monoisotopic (exact) mass is 137 g/mol. The van der Waals surface area contributed by atoms with Gasteiger partial charge in [-0.1, -0.05) is 0 Å². The van der Waals surface area contributed by atoms with E-state index in [9.17, 15) is 4.79 Å². The molecule has 1 rings (SSSR count). The fourth-order valence-corrected chi connectivity index (χ4v) is 0.497. The molecular formula is C6H5N2O2. The van der Waals surface area contributed by atoms with Crippen molar-refractivity contribution in [3.63, 3.8) is 0 Å². The number of pyridine rings is 1. The molecule has 0 spiro atoms. The summed E-state index contributed by atoms with van der Waals surface area (Å²) in [5, 5.41) is 0. The van der Waals surface area contributed by atoms with Gasteiger partial charge >= 0.3 is 5.97 Å². The summed E-state index contributed by atoms with van der Waals surface area (Å²) in [6.07, 6.45) is 1.44. The van der Waals surface area contributed by atoms with E-state index in [4.69, 9.17) is 0 Å². The number of nitrogens with two attached hydrogens (primary N) is 1. The molecule has 4 nitrogen and oxygen atoms in total. The maximum Gasteiger partial charge on any atom is 0.375 e. The van der Waals surface area contributed by atoms with Crippen LogP contribution in [0.25, 0.3) is 0 Å². The predicted molar refractivity (Wildman–Crippen MR) is 32.7 cm³/mol. The van der Waals surface area contributed by atoms with Crippen molar-refractivity contribution in [1.82, 2.24) is 4.98 Å². The van der Waals surface area contributed by atoms with Crippen molar-refractivity contribution in [2.75, 3.05) is 0 Å². The molecular weight excluding hydrogens is 132 g/mol. The van der Waals surface area contributed by atoms with Crippen molar-refractivity contribution in [3.8, 4) is 0 Å². The Labute approximate surface area is 57.6 Å². The topological polar surface area (TPSA) is 65.2 Å². The molecule has 0 fully saturated rings. The lowest BCUT2D eigenvalue weighted by Crippen LogP contribution is -2.11. The van der Waals surface area contributed by atoms with Crippen LogP contribution in [0.5, 0.6) is 0 Å². The molecule has 51 valence electrons. The molecule has 1 heterocycles. The van der Waals surface area contributed by atoms with Crippen LogP contribution in [-0.2, 0) is 4.84 Å². The molecule has 0 bridgehead atoms. The smallest absolute Gasteiger partial charge is 0.368 e. The first-order valence-electron chi connectivity index (χ1n) is 2.58. The SMILES string of the molecule is NOC(=O)c1c[c]ccn1. The van der Waals surface area contributed by atoms with Crippen molar-refractivity contribution < 1.29 is 9.63 Å². The average Bonchev–Trinajstić information content (AvgIpc) is 2.05. The summed E-state index contributed by atoms with van der Waals surface area (Å²) in [6, 6.07) is 5.63. The van der Waals surface area contributed by atoms with E-state index in [2.05, 4.69) is 21.8 Å². The average molecular weight is 137 g/mol. The van der Waals surface area contributed by atoms with Gasteiger partial charge in [-0.15, -0.1) is 0 Å². The van der Waals surface area contributed by atoms with Crippen LogP contribution >= 0.6 is 0 Å². The molecule has 0 aliphatic carbocycles. The Balaban J connectivity index is 2.85. The summed E-state index contributed by atoms with van der Waals surface area (Å²) in [7, 11) is 0. The first-order valence-corrected chi connectivity index (χ1v) is 2.58. The molecule has 0 amide bonds. The molecule has 1 aromatic heterocycles. The van der Waals surface area contributed by atoms with Crippen LogP contribution < -0.4 is 5.90 Å². The van der Waals surface area contributed by atoms with Crippen molar-refractivity contribution in [1.29, 1.82) is 0 Å². The minimum Gasteiger partial charge on any atom is -0.368 e. The molecule has 0 atom stereocenters. The summed E-state index contributed by atoms with van der Waals surface area (Å²) in [5.74, 6) is 3.94. The molecule has 4 heteroatoms. The second kappa shape index (κ2) is 2.93. The zero-order valence-electron chi connectivity index (χ0n) is 5.07. The summed E-state index contributed by atoms with van der Waals surface area (Å²) < 4.78 is 0. The lowest BCUT2D eigenvalue weighted by atomic mass is 10.4. The van der Waals surface area contributed by atoms with Crippen LogP contribution in [-0.4, -0.2) is 11.0 Å². The highest BCUT2D eigenvalue weighted by Crippen LogP contribution is 1.92. The van der Waals surface area contributed by atoms with Crippen LogP contribution in [0.3, 0.4) is 0 Å². The predicted octanol–water partition coefficient (Wildman–Crippen LogP) is -0.0877. The van der Waals surface area contributed by atoms with Gasteiger partial charge in [0.25, 0.3) is 0 Å². The fraction of sp³-hybridized carbons (Fsp3) is 0. The van der Waals surface area contributed by atoms with Crippen LogP contribution in [0.1, 0.15) is 10.5 Å². The molecule has 0 unspecified atom stereocenters. The minimum atomic E-state index is -0.656. The van der Waals surface area contributed by atoms with Gasteiger partial charge in [-0.05, 0) is 18.2 Å². The summed E-state index contributed by atoms with van der Waals surface area (Å²) in [5.41, 5.74) is 0.157. The summed E-state index contributed by atoms with van der Waals surface area (Å²) in [6.45, 7) is 0. The minimum absolute atomic E-state index is 0.157. The van der Waals surface area contributed by atoms with Crippen LogP contribution in [0.4, 0.5) is 0 Å². The lowest BCUT2D eigenvalue weighted by Gasteiger charge is -1.93. The van der Waals surface area contributed by atoms with E-state index in [1.807, 2.05) is 0 Å². The Morgan fingerprint density at radius 3 is 3.10 bits per heavy atom. The zero-order valence-corrected chi connectivity index (χ0v) is 5.07. The van der Waals surface area contributed by atoms with Crippen LogP contribution in [0, 0.1) is 6.07 Å². The van der Waals surface area contributed by atoms with E-state index in [1.165, 1.54) is 12.3 Å². The van der Waals surface area contributed by atoms with E-state index in [-0.39, 0.29) is 5.69 Å². The highest BCUT2D eigenvalue weighted by molar-refractivity contribution is 5.86. The normalized spacial score (nSPS) is 8.90. The number of carbonyl (C=O) groups is 1. The molecule has 0 saturated carbocycles. The first kappa shape index (κ1) is 6.70. The molecule has 1 aromatic rings. The van der Waals surface area contributed by atoms with E-state index in [1.54, 1.807) is 6.07 Å². The maximum atomic E-state index is 10.6. The summed E-state index contributed by atoms with van der Waals surface area (Å²) >= 11 is 0. The number of hydrogen-bond donors (Lipinski definition) is 1. The van der Waals surface area contributed by atoms with E-state index >= 15 is 0 Å². The quantitative estimate of drug-likeness (QED) is 0.549. The van der Waals surface area contributed by atoms with Gasteiger partial charge in [0.05, 0.1) is 0 Å². The van der Waals surface area contributed by atoms with Gasteiger partial charge in [0.2, 0.25) is 0 Å². The molecule has 1 radical (unpaired) electrons. The van der Waals surface area contributed by atoms with Crippen molar-refractivity contribution >= 4 is 5.97 Å². The third-order valence-corrected chi connectivity index (χ3v) is 0.921. The van der Waals surface area contributed by atoms with Gasteiger partial charge in [-0.25, -0.2) is 9.78 Å². The largest absolute Gasteiger partial charge is 0.375 e. The van der Waals surface area contributed by atoms with E-state index in [0.717, 1.165) is 0 Å². The van der Waals surface area contributed by atoms with Crippen LogP contribution in [0.2, 0.25) is 0 Å². The highest BCUT2D eigenvalue weighted by Gasteiger charge is 2.04. The van der Waals surface area contributed by atoms with Gasteiger partial charge in [0.15, 0.2) is 5.69 Å². The molecule has 0 aliphatic heterocycles. The second-order valence-corrected chi connectivity index (χ2v) is 1.55. The molecule has 0 saturated heterocycles. The second-order valence-electron chi connectivity index (χ2n) is 1.55. The third kappa shape index (κ3) is 1.29. The van der Waals surface area contributed by atoms with Crippen molar-refractivity contribution in [2.24, 2.45) is 5.90 Å². The van der Waals surface area contributed by atoms with Gasteiger partial charge in [-0.2, -0.15) is 5.90 Å². The van der Waals surface area contributed by atoms with E-state index < -0.39 is 5.97 Å². The van der Waals surface area contributed by atoms with Gasteiger partial charge < -0.3 is 4.84 Å². The summed E-state index contributed by atoms with van der Waals surface area (Å²) in [4.78, 5) is 18.2. The standard InChI is InChI=1S/C6H5N2O2/c7-10-6(9)5-3-1-2-4-8-5/h2-4H,7H2. The van der Waals surface area contributed by atoms with Gasteiger partial charge in [-0.3, -0.25) is 0 Å². The zero-order chi connectivity index (χ0) is 7.40. The fourth-order valence-electron chi connectivity index (χ4n) is 0.497. The number of carbonyl (C=O) groups excluding carboxylic acids is 1. The Morgan fingerprint density at radius 2 is 2.60 bits per heavy atom. The molecule has 2 N–H and O–H groups in total. The maximum absolute atomic E-state index is 10.6. The highest BCUT2D eigenvalue weighted by atomic mass is 16.7. The van der Waals surface area contributed by atoms with E-state index in [0.29, 0.717) is 0 Å². The van der Waals surface area contributed by atoms with Crippen molar-refractivity contribution in [3.05, 3.63) is 30.1 Å². The van der Waals surface area contributed by atoms with Crippen molar-refractivity contribution in [2.45, 2.75) is 0 Å². The third-order valence-electron chi connectivity index (χ3n) is 0.921. The first-order chi connectivity index (χ1) is 4.84. The Hall–Kier alpha value is -1.42. The number of rotatable bonds is 1. The Morgan fingerprint density at radius 1 is 1.80 bits per heavy atom. The Bertz CT molecular complexity index is 222. The number of nitrogens with zero attached hydrogens (tertiary/aromatic N) is 1. The van der Waals surface area contributed by atoms with Gasteiger partial charge in [0, 0.05) is 6.20 Å². The molecule has 0 aliphatic rings.